The van der Waals surface area contributed by atoms with E-state index in [1.807, 2.05) is 0 Å². The molecule has 1 N–H and O–H groups in total. The number of benzene rings is 1. The molecule has 5 nitrogen and oxygen atoms in total. The standard InChI is InChI=1S/C12H16N2O3/c15-8-7-13(11-5-6-11)9-10-1-3-12(4-2-10)14(16)17/h1-4,11,15H,5-9H2. The lowest BCUT2D eigenvalue weighted by molar-refractivity contribution is -0.384. The first kappa shape index (κ1) is 12.0. The van der Waals surface area contributed by atoms with Gasteiger partial charge in [0.1, 0.15) is 0 Å². The molecule has 0 spiro atoms. The maximum Gasteiger partial charge on any atom is 0.269 e. The van der Waals surface area contributed by atoms with Crippen LogP contribution in [0, 0.1) is 10.1 Å². The fourth-order valence-corrected chi connectivity index (χ4v) is 1.92. The first-order valence-corrected chi connectivity index (χ1v) is 5.79. The number of non-ortho nitro benzene ring substituents is 1. The van der Waals surface area contributed by atoms with Crippen LogP contribution in [0.5, 0.6) is 0 Å². The smallest absolute Gasteiger partial charge is 0.269 e. The van der Waals surface area contributed by atoms with Gasteiger partial charge in [-0.15, -0.1) is 0 Å². The number of nitro groups is 1. The second-order valence-corrected chi connectivity index (χ2v) is 4.35. The van der Waals surface area contributed by atoms with E-state index in [9.17, 15) is 10.1 Å². The van der Waals surface area contributed by atoms with Crippen molar-refractivity contribution in [1.82, 2.24) is 4.90 Å². The van der Waals surface area contributed by atoms with Crippen molar-refractivity contribution >= 4 is 5.69 Å². The number of aliphatic hydroxyl groups is 1. The van der Waals surface area contributed by atoms with Crippen LogP contribution in [0.15, 0.2) is 24.3 Å². The van der Waals surface area contributed by atoms with E-state index in [2.05, 4.69) is 4.90 Å². The second kappa shape index (κ2) is 5.25. The molecule has 1 aromatic rings. The van der Waals surface area contributed by atoms with Crippen LogP contribution < -0.4 is 0 Å². The van der Waals surface area contributed by atoms with E-state index in [-0.39, 0.29) is 12.3 Å². The molecule has 0 aliphatic heterocycles. The summed E-state index contributed by atoms with van der Waals surface area (Å²) in [6, 6.07) is 7.20. The van der Waals surface area contributed by atoms with Gasteiger partial charge in [0, 0.05) is 31.3 Å². The van der Waals surface area contributed by atoms with E-state index in [1.54, 1.807) is 12.1 Å². The molecule has 0 saturated heterocycles. The van der Waals surface area contributed by atoms with Gasteiger partial charge in [-0.25, -0.2) is 0 Å². The third kappa shape index (κ3) is 3.25. The molecule has 0 bridgehead atoms. The molecule has 1 saturated carbocycles. The van der Waals surface area contributed by atoms with Gasteiger partial charge >= 0.3 is 0 Å². The molecule has 92 valence electrons. The van der Waals surface area contributed by atoms with Crippen LogP contribution >= 0.6 is 0 Å². The highest BCUT2D eigenvalue weighted by Crippen LogP contribution is 2.28. The summed E-state index contributed by atoms with van der Waals surface area (Å²) >= 11 is 0. The molecule has 2 rings (SSSR count). The van der Waals surface area contributed by atoms with Gasteiger partial charge in [-0.05, 0) is 18.4 Å². The van der Waals surface area contributed by atoms with E-state index >= 15 is 0 Å². The zero-order valence-electron chi connectivity index (χ0n) is 9.58. The van der Waals surface area contributed by atoms with Gasteiger partial charge in [-0.3, -0.25) is 15.0 Å². The molecule has 17 heavy (non-hydrogen) atoms. The first-order chi connectivity index (χ1) is 8.20. The lowest BCUT2D eigenvalue weighted by Crippen LogP contribution is -2.28. The highest BCUT2D eigenvalue weighted by molar-refractivity contribution is 5.32. The first-order valence-electron chi connectivity index (χ1n) is 5.79. The summed E-state index contributed by atoms with van der Waals surface area (Å²) in [5.41, 5.74) is 1.17. The molecule has 0 aromatic heterocycles. The van der Waals surface area contributed by atoms with Gasteiger partial charge < -0.3 is 5.11 Å². The number of hydrogen-bond acceptors (Lipinski definition) is 4. The summed E-state index contributed by atoms with van der Waals surface area (Å²) in [6.07, 6.45) is 2.37. The van der Waals surface area contributed by atoms with Gasteiger partial charge in [0.25, 0.3) is 5.69 Å². The van der Waals surface area contributed by atoms with E-state index in [4.69, 9.17) is 5.11 Å². The lowest BCUT2D eigenvalue weighted by atomic mass is 10.2. The van der Waals surface area contributed by atoms with Crippen LogP contribution in [0.25, 0.3) is 0 Å². The average molecular weight is 236 g/mol. The Balaban J connectivity index is 1.99. The Kier molecular flexibility index (Phi) is 3.71. The molecule has 0 heterocycles. The van der Waals surface area contributed by atoms with Crippen molar-refractivity contribution in [2.75, 3.05) is 13.2 Å². The number of nitro benzene ring substituents is 1. The largest absolute Gasteiger partial charge is 0.395 e. The minimum Gasteiger partial charge on any atom is -0.395 e. The van der Waals surface area contributed by atoms with Crippen LogP contribution in [0.1, 0.15) is 18.4 Å². The molecule has 5 heteroatoms. The Morgan fingerprint density at radius 2 is 2.00 bits per heavy atom. The SMILES string of the molecule is O=[N+]([O-])c1ccc(CN(CCO)C2CC2)cc1. The van der Waals surface area contributed by atoms with Crippen molar-refractivity contribution in [3.05, 3.63) is 39.9 Å². The molecular formula is C12H16N2O3. The fourth-order valence-electron chi connectivity index (χ4n) is 1.92. The zero-order valence-corrected chi connectivity index (χ0v) is 9.58. The van der Waals surface area contributed by atoms with Crippen LogP contribution in [0.3, 0.4) is 0 Å². The molecule has 1 fully saturated rings. The number of nitrogens with zero attached hydrogens (tertiary/aromatic N) is 2. The van der Waals surface area contributed by atoms with Gasteiger partial charge in [-0.2, -0.15) is 0 Å². The van der Waals surface area contributed by atoms with Crippen molar-refractivity contribution < 1.29 is 10.0 Å². The summed E-state index contributed by atoms with van der Waals surface area (Å²) in [5, 5.41) is 19.5. The van der Waals surface area contributed by atoms with Gasteiger partial charge in [-0.1, -0.05) is 12.1 Å². The molecule has 1 aliphatic rings. The topological polar surface area (TPSA) is 66.6 Å². The summed E-state index contributed by atoms with van der Waals surface area (Å²) < 4.78 is 0. The summed E-state index contributed by atoms with van der Waals surface area (Å²) in [6.45, 7) is 1.58. The Hall–Kier alpha value is -1.46. The molecule has 0 atom stereocenters. The van der Waals surface area contributed by atoms with Crippen molar-refractivity contribution in [1.29, 1.82) is 0 Å². The Labute approximate surface area is 99.8 Å². The summed E-state index contributed by atoms with van der Waals surface area (Å²) in [5.74, 6) is 0. The van der Waals surface area contributed by atoms with Gasteiger partial charge in [0.15, 0.2) is 0 Å². The minimum absolute atomic E-state index is 0.119. The van der Waals surface area contributed by atoms with Crippen molar-refractivity contribution in [3.8, 4) is 0 Å². The van der Waals surface area contributed by atoms with Crippen LogP contribution in [0.2, 0.25) is 0 Å². The molecule has 0 amide bonds. The molecule has 0 unspecified atom stereocenters. The normalized spacial score (nSPS) is 15.2. The summed E-state index contributed by atoms with van der Waals surface area (Å²) in [4.78, 5) is 12.3. The van der Waals surface area contributed by atoms with E-state index in [0.717, 1.165) is 12.1 Å². The van der Waals surface area contributed by atoms with Crippen molar-refractivity contribution in [3.63, 3.8) is 0 Å². The second-order valence-electron chi connectivity index (χ2n) is 4.35. The van der Waals surface area contributed by atoms with E-state index in [0.29, 0.717) is 12.6 Å². The van der Waals surface area contributed by atoms with Gasteiger partial charge in [0.05, 0.1) is 11.5 Å². The summed E-state index contributed by atoms with van der Waals surface area (Å²) in [7, 11) is 0. The minimum atomic E-state index is -0.393. The molecule has 1 aliphatic carbocycles. The fraction of sp³-hybridized carbons (Fsp3) is 0.500. The van der Waals surface area contributed by atoms with Crippen LogP contribution in [0.4, 0.5) is 5.69 Å². The van der Waals surface area contributed by atoms with Crippen LogP contribution in [-0.4, -0.2) is 34.1 Å². The van der Waals surface area contributed by atoms with Crippen molar-refractivity contribution in [2.45, 2.75) is 25.4 Å². The predicted molar refractivity (Wildman–Crippen MR) is 63.6 cm³/mol. The Morgan fingerprint density at radius 3 is 2.47 bits per heavy atom. The maximum absolute atomic E-state index is 10.5. The monoisotopic (exact) mass is 236 g/mol. The van der Waals surface area contributed by atoms with E-state index < -0.39 is 4.92 Å². The molecule has 0 radical (unpaired) electrons. The average Bonchev–Trinajstić information content (AvgIpc) is 3.13. The van der Waals surface area contributed by atoms with Crippen molar-refractivity contribution in [2.24, 2.45) is 0 Å². The lowest BCUT2D eigenvalue weighted by Gasteiger charge is -2.20. The Bertz CT molecular complexity index is 387. The predicted octanol–water partition coefficient (Wildman–Crippen LogP) is 1.55. The zero-order chi connectivity index (χ0) is 12.3. The third-order valence-electron chi connectivity index (χ3n) is 2.98. The highest BCUT2D eigenvalue weighted by Gasteiger charge is 2.28. The number of hydrogen-bond donors (Lipinski definition) is 1. The van der Waals surface area contributed by atoms with Gasteiger partial charge in [0.2, 0.25) is 0 Å². The third-order valence-corrected chi connectivity index (χ3v) is 2.98. The Morgan fingerprint density at radius 1 is 1.35 bits per heavy atom. The quantitative estimate of drug-likeness (QED) is 0.601. The van der Waals surface area contributed by atoms with E-state index in [1.165, 1.54) is 25.0 Å². The molecular weight excluding hydrogens is 220 g/mol. The molecule has 1 aromatic carbocycles. The highest BCUT2D eigenvalue weighted by atomic mass is 16.6. The number of aliphatic hydroxyl groups excluding tert-OH is 1. The maximum atomic E-state index is 10.5. The van der Waals surface area contributed by atoms with Crippen LogP contribution in [-0.2, 0) is 6.54 Å². The number of rotatable bonds is 6.